The minimum absolute atomic E-state index is 0.00851. The number of nitrogens with one attached hydrogen (secondary N) is 1. The molecule has 1 atom stereocenters. The number of methoxy groups -OCH3 is 2. The molecule has 0 fully saturated rings. The number of phenolic OH excluding ortho intramolecular Hbond substituents is 1. The van der Waals surface area contributed by atoms with Gasteiger partial charge in [-0.15, -0.1) is 0 Å². The van der Waals surface area contributed by atoms with Crippen LogP contribution < -0.4 is 5.32 Å². The number of phenols is 1. The van der Waals surface area contributed by atoms with E-state index in [1.807, 2.05) is 32.9 Å². The lowest BCUT2D eigenvalue weighted by atomic mass is 10.1. The van der Waals surface area contributed by atoms with Gasteiger partial charge >= 0.3 is 0 Å². The Morgan fingerprint density at radius 2 is 1.76 bits per heavy atom. The summed E-state index contributed by atoms with van der Waals surface area (Å²) in [5.41, 5.74) is 2.60. The Labute approximate surface area is 103 Å². The highest BCUT2D eigenvalue weighted by molar-refractivity contribution is 5.59. The van der Waals surface area contributed by atoms with Crippen LogP contribution in [0.1, 0.15) is 18.1 Å². The molecule has 0 amide bonds. The monoisotopic (exact) mass is 239 g/mol. The van der Waals surface area contributed by atoms with E-state index < -0.39 is 0 Å². The van der Waals surface area contributed by atoms with E-state index in [0.29, 0.717) is 5.75 Å². The quantitative estimate of drug-likeness (QED) is 0.775. The zero-order valence-corrected chi connectivity index (χ0v) is 11.1. The Hall–Kier alpha value is -1.26. The smallest absolute Gasteiger partial charge is 0.176 e. The Morgan fingerprint density at radius 1 is 1.18 bits per heavy atom. The average molecular weight is 239 g/mol. The van der Waals surface area contributed by atoms with E-state index in [4.69, 9.17) is 9.47 Å². The molecule has 0 aliphatic rings. The van der Waals surface area contributed by atoms with Crippen LogP contribution in [0, 0.1) is 13.8 Å². The SMILES string of the molecule is COC(OC)C(C)Nc1ccc(C)c(O)c1C. The fourth-order valence-corrected chi connectivity index (χ4v) is 1.81. The lowest BCUT2D eigenvalue weighted by Gasteiger charge is -2.24. The highest BCUT2D eigenvalue weighted by Crippen LogP contribution is 2.28. The summed E-state index contributed by atoms with van der Waals surface area (Å²) in [7, 11) is 3.21. The summed E-state index contributed by atoms with van der Waals surface area (Å²) >= 11 is 0. The molecule has 4 heteroatoms. The second kappa shape index (κ2) is 5.89. The van der Waals surface area contributed by atoms with Gasteiger partial charge in [0.15, 0.2) is 6.29 Å². The van der Waals surface area contributed by atoms with Gasteiger partial charge < -0.3 is 19.9 Å². The summed E-state index contributed by atoms with van der Waals surface area (Å²) in [6, 6.07) is 3.82. The normalized spacial score (nSPS) is 12.8. The predicted molar refractivity (Wildman–Crippen MR) is 68.5 cm³/mol. The molecule has 0 aliphatic carbocycles. The number of rotatable bonds is 5. The minimum Gasteiger partial charge on any atom is -0.507 e. The molecule has 2 N–H and O–H groups in total. The van der Waals surface area contributed by atoms with Crippen LogP contribution in [0.15, 0.2) is 12.1 Å². The summed E-state index contributed by atoms with van der Waals surface area (Å²) in [5.74, 6) is 0.327. The van der Waals surface area contributed by atoms with Crippen molar-refractivity contribution in [1.29, 1.82) is 0 Å². The van der Waals surface area contributed by atoms with E-state index in [-0.39, 0.29) is 12.3 Å². The van der Waals surface area contributed by atoms with Gasteiger partial charge in [-0.1, -0.05) is 6.07 Å². The van der Waals surface area contributed by atoms with Crippen LogP contribution >= 0.6 is 0 Å². The summed E-state index contributed by atoms with van der Waals surface area (Å²) < 4.78 is 10.4. The Balaban J connectivity index is 2.85. The maximum atomic E-state index is 9.85. The standard InChI is InChI=1S/C13H21NO3/c1-8-6-7-11(9(2)12(8)15)14-10(3)13(16-4)17-5/h6-7,10,13-15H,1-5H3. The van der Waals surface area contributed by atoms with Gasteiger partial charge in [-0.2, -0.15) is 0 Å². The maximum absolute atomic E-state index is 9.85. The summed E-state index contributed by atoms with van der Waals surface area (Å²) in [6.07, 6.45) is -0.321. The van der Waals surface area contributed by atoms with Gasteiger partial charge in [0, 0.05) is 25.5 Å². The molecular formula is C13H21NO3. The molecule has 1 aromatic rings. The molecule has 0 aromatic heterocycles. The lowest BCUT2D eigenvalue weighted by Crippen LogP contribution is -2.34. The van der Waals surface area contributed by atoms with Crippen molar-refractivity contribution in [2.45, 2.75) is 33.1 Å². The van der Waals surface area contributed by atoms with Crippen molar-refractivity contribution in [1.82, 2.24) is 0 Å². The zero-order valence-electron chi connectivity index (χ0n) is 11.1. The lowest BCUT2D eigenvalue weighted by molar-refractivity contribution is -0.109. The third kappa shape index (κ3) is 3.11. The molecule has 1 aromatic carbocycles. The number of aryl methyl sites for hydroxylation is 1. The number of anilines is 1. The Morgan fingerprint density at radius 3 is 2.29 bits per heavy atom. The van der Waals surface area contributed by atoms with E-state index in [2.05, 4.69) is 5.32 Å². The molecular weight excluding hydrogens is 218 g/mol. The highest BCUT2D eigenvalue weighted by atomic mass is 16.7. The number of ether oxygens (including phenoxy) is 2. The summed E-state index contributed by atoms with van der Waals surface area (Å²) in [5, 5.41) is 13.1. The van der Waals surface area contributed by atoms with Crippen molar-refractivity contribution in [3.05, 3.63) is 23.3 Å². The Kier molecular flexibility index (Phi) is 4.78. The maximum Gasteiger partial charge on any atom is 0.176 e. The molecule has 0 radical (unpaired) electrons. The number of hydrogen-bond donors (Lipinski definition) is 2. The zero-order chi connectivity index (χ0) is 13.0. The van der Waals surface area contributed by atoms with Crippen LogP contribution in [-0.2, 0) is 9.47 Å². The van der Waals surface area contributed by atoms with Crippen LogP contribution in [-0.4, -0.2) is 31.7 Å². The summed E-state index contributed by atoms with van der Waals surface area (Å²) in [4.78, 5) is 0. The third-order valence-corrected chi connectivity index (χ3v) is 2.89. The molecule has 0 saturated heterocycles. The largest absolute Gasteiger partial charge is 0.507 e. The highest BCUT2D eigenvalue weighted by Gasteiger charge is 2.17. The molecule has 0 aliphatic heterocycles. The second-order valence-electron chi connectivity index (χ2n) is 4.18. The van der Waals surface area contributed by atoms with Crippen LogP contribution in [0.25, 0.3) is 0 Å². The molecule has 4 nitrogen and oxygen atoms in total. The van der Waals surface area contributed by atoms with Crippen molar-refractivity contribution >= 4 is 5.69 Å². The fraction of sp³-hybridized carbons (Fsp3) is 0.538. The molecule has 0 bridgehead atoms. The van der Waals surface area contributed by atoms with Gasteiger partial charge in [-0.25, -0.2) is 0 Å². The van der Waals surface area contributed by atoms with E-state index in [9.17, 15) is 5.11 Å². The first-order chi connectivity index (χ1) is 8.01. The van der Waals surface area contributed by atoms with E-state index in [1.165, 1.54) is 0 Å². The van der Waals surface area contributed by atoms with Gasteiger partial charge in [0.1, 0.15) is 5.75 Å². The first kappa shape index (κ1) is 13.8. The van der Waals surface area contributed by atoms with Crippen molar-refractivity contribution in [2.75, 3.05) is 19.5 Å². The van der Waals surface area contributed by atoms with Crippen LogP contribution in [0.5, 0.6) is 5.75 Å². The van der Waals surface area contributed by atoms with Crippen molar-refractivity contribution in [2.24, 2.45) is 0 Å². The van der Waals surface area contributed by atoms with E-state index >= 15 is 0 Å². The number of hydrogen-bond acceptors (Lipinski definition) is 4. The van der Waals surface area contributed by atoms with Gasteiger partial charge in [0.05, 0.1) is 6.04 Å². The van der Waals surface area contributed by atoms with Crippen LogP contribution in [0.3, 0.4) is 0 Å². The van der Waals surface area contributed by atoms with E-state index in [1.54, 1.807) is 14.2 Å². The average Bonchev–Trinajstić information content (AvgIpc) is 2.31. The van der Waals surface area contributed by atoms with Gasteiger partial charge in [-0.3, -0.25) is 0 Å². The first-order valence-electron chi connectivity index (χ1n) is 5.62. The van der Waals surface area contributed by atoms with Gasteiger partial charge in [0.2, 0.25) is 0 Å². The first-order valence-corrected chi connectivity index (χ1v) is 5.62. The molecule has 96 valence electrons. The van der Waals surface area contributed by atoms with Crippen LogP contribution in [0.4, 0.5) is 5.69 Å². The number of aromatic hydroxyl groups is 1. The van der Waals surface area contributed by atoms with Gasteiger partial charge in [-0.05, 0) is 32.4 Å². The third-order valence-electron chi connectivity index (χ3n) is 2.89. The Bertz CT molecular complexity index is 375. The fourth-order valence-electron chi connectivity index (χ4n) is 1.81. The number of benzene rings is 1. The molecule has 17 heavy (non-hydrogen) atoms. The van der Waals surface area contributed by atoms with Crippen molar-refractivity contribution in [3.63, 3.8) is 0 Å². The van der Waals surface area contributed by atoms with Gasteiger partial charge in [0.25, 0.3) is 0 Å². The molecule has 0 heterocycles. The minimum atomic E-state index is -0.321. The summed E-state index contributed by atoms with van der Waals surface area (Å²) in [6.45, 7) is 5.72. The second-order valence-corrected chi connectivity index (χ2v) is 4.18. The van der Waals surface area contributed by atoms with Crippen LogP contribution in [0.2, 0.25) is 0 Å². The molecule has 0 spiro atoms. The molecule has 1 unspecified atom stereocenters. The topological polar surface area (TPSA) is 50.7 Å². The molecule has 1 rings (SSSR count). The predicted octanol–water partition coefficient (Wildman–Crippen LogP) is 2.43. The van der Waals surface area contributed by atoms with Crippen molar-refractivity contribution in [3.8, 4) is 5.75 Å². The van der Waals surface area contributed by atoms with Crippen molar-refractivity contribution < 1.29 is 14.6 Å². The van der Waals surface area contributed by atoms with E-state index in [0.717, 1.165) is 16.8 Å². The molecule has 0 saturated carbocycles.